The topological polar surface area (TPSA) is 58.6 Å². The summed E-state index contributed by atoms with van der Waals surface area (Å²) in [6.07, 6.45) is 1.92. The SMILES string of the molecule is CCOc1ccc(C(=O)NCC(=O)N2CCCc3ccccc32)cc1. The predicted molar refractivity (Wildman–Crippen MR) is 97.1 cm³/mol. The molecule has 0 bridgehead atoms. The molecule has 0 aromatic heterocycles. The van der Waals surface area contributed by atoms with E-state index in [1.165, 1.54) is 5.56 Å². The Hall–Kier alpha value is -2.82. The molecule has 2 aromatic carbocycles. The van der Waals surface area contributed by atoms with E-state index >= 15 is 0 Å². The highest BCUT2D eigenvalue weighted by Gasteiger charge is 2.22. The summed E-state index contributed by atoms with van der Waals surface area (Å²) in [7, 11) is 0. The summed E-state index contributed by atoms with van der Waals surface area (Å²) in [5.74, 6) is 0.369. The zero-order chi connectivity index (χ0) is 17.6. The molecule has 0 saturated heterocycles. The molecule has 5 nitrogen and oxygen atoms in total. The Morgan fingerprint density at radius 1 is 1.12 bits per heavy atom. The summed E-state index contributed by atoms with van der Waals surface area (Å²) in [6.45, 7) is 3.16. The molecule has 130 valence electrons. The van der Waals surface area contributed by atoms with Gasteiger partial charge in [0.05, 0.1) is 13.2 Å². The van der Waals surface area contributed by atoms with Crippen molar-refractivity contribution >= 4 is 17.5 Å². The number of rotatable bonds is 5. The predicted octanol–water partition coefficient (Wildman–Crippen LogP) is 2.79. The molecule has 0 radical (unpaired) electrons. The first-order valence-corrected chi connectivity index (χ1v) is 8.58. The average Bonchev–Trinajstić information content (AvgIpc) is 2.66. The van der Waals surface area contributed by atoms with Gasteiger partial charge >= 0.3 is 0 Å². The molecule has 2 aromatic rings. The lowest BCUT2D eigenvalue weighted by molar-refractivity contribution is -0.117. The van der Waals surface area contributed by atoms with Gasteiger partial charge in [-0.25, -0.2) is 0 Å². The third kappa shape index (κ3) is 3.99. The van der Waals surface area contributed by atoms with Crippen LogP contribution >= 0.6 is 0 Å². The maximum absolute atomic E-state index is 12.5. The standard InChI is InChI=1S/C20H22N2O3/c1-2-25-17-11-9-16(10-12-17)20(24)21-14-19(23)22-13-5-7-15-6-3-4-8-18(15)22/h3-4,6,8-12H,2,5,7,13-14H2,1H3,(H,21,24). The van der Waals surface area contributed by atoms with Gasteiger partial charge in [-0.2, -0.15) is 0 Å². The monoisotopic (exact) mass is 338 g/mol. The minimum absolute atomic E-state index is 0.0135. The van der Waals surface area contributed by atoms with Gasteiger partial charge in [-0.1, -0.05) is 18.2 Å². The van der Waals surface area contributed by atoms with Crippen LogP contribution in [0.25, 0.3) is 0 Å². The number of carbonyl (C=O) groups excluding carboxylic acids is 2. The van der Waals surface area contributed by atoms with Crippen molar-refractivity contribution in [1.29, 1.82) is 0 Å². The number of ether oxygens (including phenoxy) is 1. The van der Waals surface area contributed by atoms with Gasteiger partial charge in [-0.05, 0) is 55.7 Å². The number of hydrogen-bond donors (Lipinski definition) is 1. The molecule has 0 aliphatic carbocycles. The van der Waals surface area contributed by atoms with Crippen molar-refractivity contribution in [3.63, 3.8) is 0 Å². The van der Waals surface area contributed by atoms with Gasteiger partial charge in [0.25, 0.3) is 5.91 Å². The van der Waals surface area contributed by atoms with E-state index in [2.05, 4.69) is 5.32 Å². The second-order valence-electron chi connectivity index (χ2n) is 5.92. The molecule has 0 atom stereocenters. The second-order valence-corrected chi connectivity index (χ2v) is 5.92. The first kappa shape index (κ1) is 17.0. The summed E-state index contributed by atoms with van der Waals surface area (Å²) < 4.78 is 5.36. The van der Waals surface area contributed by atoms with E-state index in [0.717, 1.165) is 24.3 Å². The molecular weight excluding hydrogens is 316 g/mol. The van der Waals surface area contributed by atoms with Crippen LogP contribution in [0.2, 0.25) is 0 Å². The molecule has 2 amide bonds. The highest BCUT2D eigenvalue weighted by molar-refractivity contribution is 6.00. The van der Waals surface area contributed by atoms with Crippen molar-refractivity contribution in [2.45, 2.75) is 19.8 Å². The summed E-state index contributed by atoms with van der Waals surface area (Å²) in [6, 6.07) is 14.8. The lowest BCUT2D eigenvalue weighted by Gasteiger charge is -2.29. The van der Waals surface area contributed by atoms with Crippen LogP contribution in [0.3, 0.4) is 0 Å². The van der Waals surface area contributed by atoms with Crippen LogP contribution < -0.4 is 15.0 Å². The maximum Gasteiger partial charge on any atom is 0.251 e. The maximum atomic E-state index is 12.5. The van der Waals surface area contributed by atoms with Crippen LogP contribution in [-0.4, -0.2) is 31.5 Å². The fraction of sp³-hybridized carbons (Fsp3) is 0.300. The number of fused-ring (bicyclic) bond motifs is 1. The molecular formula is C20H22N2O3. The van der Waals surface area contributed by atoms with Gasteiger partial charge in [0.2, 0.25) is 5.91 Å². The van der Waals surface area contributed by atoms with E-state index in [1.807, 2.05) is 31.2 Å². The van der Waals surface area contributed by atoms with Crippen LogP contribution in [0, 0.1) is 0 Å². The summed E-state index contributed by atoms with van der Waals surface area (Å²) >= 11 is 0. The molecule has 1 heterocycles. The van der Waals surface area contributed by atoms with Crippen molar-refractivity contribution in [3.05, 3.63) is 59.7 Å². The van der Waals surface area contributed by atoms with Crippen molar-refractivity contribution in [3.8, 4) is 5.75 Å². The molecule has 1 aliphatic rings. The molecule has 0 fully saturated rings. The molecule has 5 heteroatoms. The highest BCUT2D eigenvalue weighted by atomic mass is 16.5. The van der Waals surface area contributed by atoms with Gasteiger partial charge in [0.1, 0.15) is 5.75 Å². The normalized spacial score (nSPS) is 13.1. The Balaban J connectivity index is 1.60. The van der Waals surface area contributed by atoms with E-state index in [4.69, 9.17) is 4.74 Å². The highest BCUT2D eigenvalue weighted by Crippen LogP contribution is 2.26. The number of hydrogen-bond acceptors (Lipinski definition) is 3. The van der Waals surface area contributed by atoms with Gasteiger partial charge < -0.3 is 15.0 Å². The Kier molecular flexibility index (Phi) is 5.33. The quantitative estimate of drug-likeness (QED) is 0.912. The number of nitrogens with zero attached hydrogens (tertiary/aromatic N) is 1. The van der Waals surface area contributed by atoms with Crippen molar-refractivity contribution in [1.82, 2.24) is 5.32 Å². The fourth-order valence-electron chi connectivity index (χ4n) is 3.02. The molecule has 25 heavy (non-hydrogen) atoms. The van der Waals surface area contributed by atoms with E-state index in [9.17, 15) is 9.59 Å². The number of nitrogens with one attached hydrogen (secondary N) is 1. The fourth-order valence-corrected chi connectivity index (χ4v) is 3.02. The molecule has 0 spiro atoms. The number of para-hydroxylation sites is 1. The van der Waals surface area contributed by atoms with E-state index < -0.39 is 0 Å². The minimum atomic E-state index is -0.262. The van der Waals surface area contributed by atoms with Gasteiger partial charge in [0, 0.05) is 17.8 Å². The van der Waals surface area contributed by atoms with E-state index in [-0.39, 0.29) is 18.4 Å². The van der Waals surface area contributed by atoms with Crippen molar-refractivity contribution in [2.75, 3.05) is 24.6 Å². The average molecular weight is 338 g/mol. The number of aryl methyl sites for hydroxylation is 1. The number of anilines is 1. The lowest BCUT2D eigenvalue weighted by atomic mass is 10.0. The lowest BCUT2D eigenvalue weighted by Crippen LogP contribution is -2.42. The molecule has 1 aliphatic heterocycles. The number of carbonyl (C=O) groups is 2. The number of benzene rings is 2. The Morgan fingerprint density at radius 3 is 2.64 bits per heavy atom. The van der Waals surface area contributed by atoms with E-state index in [1.54, 1.807) is 29.2 Å². The molecule has 1 N–H and O–H groups in total. The first-order chi connectivity index (χ1) is 12.2. The van der Waals surface area contributed by atoms with Gasteiger partial charge in [0.15, 0.2) is 0 Å². The summed E-state index contributed by atoms with van der Waals surface area (Å²) in [5, 5.41) is 2.71. The molecule has 3 rings (SSSR count). The Labute approximate surface area is 147 Å². The van der Waals surface area contributed by atoms with Crippen LogP contribution in [0.5, 0.6) is 5.75 Å². The van der Waals surface area contributed by atoms with Crippen LogP contribution in [0.1, 0.15) is 29.3 Å². The zero-order valence-electron chi connectivity index (χ0n) is 14.3. The second kappa shape index (κ2) is 7.83. The largest absolute Gasteiger partial charge is 0.494 e. The number of amides is 2. The van der Waals surface area contributed by atoms with Crippen molar-refractivity contribution in [2.24, 2.45) is 0 Å². The summed E-state index contributed by atoms with van der Waals surface area (Å²) in [4.78, 5) is 26.5. The van der Waals surface area contributed by atoms with Crippen LogP contribution in [-0.2, 0) is 11.2 Å². The molecule has 0 saturated carbocycles. The van der Waals surface area contributed by atoms with Crippen LogP contribution in [0.15, 0.2) is 48.5 Å². The first-order valence-electron chi connectivity index (χ1n) is 8.58. The van der Waals surface area contributed by atoms with Crippen LogP contribution in [0.4, 0.5) is 5.69 Å². The zero-order valence-corrected chi connectivity index (χ0v) is 14.3. The minimum Gasteiger partial charge on any atom is -0.494 e. The van der Waals surface area contributed by atoms with E-state index in [0.29, 0.717) is 18.7 Å². The Bertz CT molecular complexity index is 756. The van der Waals surface area contributed by atoms with Crippen molar-refractivity contribution < 1.29 is 14.3 Å². The third-order valence-corrected chi connectivity index (χ3v) is 4.24. The summed E-state index contributed by atoms with van der Waals surface area (Å²) in [5.41, 5.74) is 2.64. The smallest absolute Gasteiger partial charge is 0.251 e. The Morgan fingerprint density at radius 2 is 1.88 bits per heavy atom. The van der Waals surface area contributed by atoms with Gasteiger partial charge in [-0.15, -0.1) is 0 Å². The third-order valence-electron chi connectivity index (χ3n) is 4.24. The molecule has 0 unspecified atom stereocenters. The van der Waals surface area contributed by atoms with Gasteiger partial charge in [-0.3, -0.25) is 9.59 Å².